The van der Waals surface area contributed by atoms with Crippen LogP contribution in [0.1, 0.15) is 71.1 Å². The molecular formula is C33H49N3O4S. The van der Waals surface area contributed by atoms with Gasteiger partial charge in [0.05, 0.1) is 7.11 Å². The molecule has 226 valence electrons. The number of methoxy groups -OCH3 is 1. The number of allylic oxidation sites excluding steroid dienone is 7. The van der Waals surface area contributed by atoms with Crippen LogP contribution in [0.5, 0.6) is 0 Å². The zero-order valence-electron chi connectivity index (χ0n) is 25.0. The molecule has 4 unspecified atom stereocenters. The standard InChI is InChI=1S/C21H27NO2S.C12H22N2O2/c1-15-7-8-21(13-19(21)10-15)25(23,24)22-9-3-4-16(14-22)11-17-5-2-6-18-12-20(17)18;1-16-12(15)14-9-7-13(8-10-14)11-5-3-2-4-6-11/h2,5-8,10,16,18-20H,3-4,9,11-14H2,1H3;11H,2-10H2,1H3/t16-,18?,19?,20?,21?;/m0./s1. The van der Waals surface area contributed by atoms with Crippen LogP contribution in [0.4, 0.5) is 4.79 Å². The van der Waals surface area contributed by atoms with Gasteiger partial charge in [-0.15, -0.1) is 0 Å². The summed E-state index contributed by atoms with van der Waals surface area (Å²) in [5, 5.41) is 0. The van der Waals surface area contributed by atoms with Crippen LogP contribution in [0.25, 0.3) is 0 Å². The number of carbonyl (C=O) groups excluding carboxylic acids is 1. The fraction of sp³-hybridized carbons (Fsp3) is 0.727. The number of rotatable bonds is 5. The van der Waals surface area contributed by atoms with Crippen molar-refractivity contribution in [1.29, 1.82) is 0 Å². The fourth-order valence-electron chi connectivity index (χ4n) is 8.05. The average Bonchev–Trinajstić information content (AvgIpc) is 3.93. The van der Waals surface area contributed by atoms with Crippen molar-refractivity contribution in [2.24, 2.45) is 23.7 Å². The van der Waals surface area contributed by atoms with Crippen LogP contribution in [-0.4, -0.2) is 85.8 Å². The lowest BCUT2D eigenvalue weighted by Gasteiger charge is -2.40. The Morgan fingerprint density at radius 1 is 1.05 bits per heavy atom. The fourth-order valence-corrected chi connectivity index (χ4v) is 10.4. The van der Waals surface area contributed by atoms with Crippen molar-refractivity contribution < 1.29 is 17.9 Å². The number of carbonyl (C=O) groups is 1. The summed E-state index contributed by atoms with van der Waals surface area (Å²) in [5.41, 5.74) is 2.76. The first-order valence-electron chi connectivity index (χ1n) is 16.1. The van der Waals surface area contributed by atoms with Crippen LogP contribution < -0.4 is 0 Å². The third kappa shape index (κ3) is 6.12. The first-order valence-corrected chi connectivity index (χ1v) is 17.6. The number of hydrogen-bond donors (Lipinski definition) is 0. The molecule has 0 radical (unpaired) electrons. The van der Waals surface area contributed by atoms with Crippen molar-refractivity contribution >= 4 is 16.1 Å². The maximum Gasteiger partial charge on any atom is 0.409 e. The number of piperidine rings is 1. The van der Waals surface area contributed by atoms with E-state index in [0.717, 1.165) is 69.7 Å². The van der Waals surface area contributed by atoms with Crippen molar-refractivity contribution in [2.75, 3.05) is 46.4 Å². The topological polar surface area (TPSA) is 70.2 Å². The molecular weight excluding hydrogens is 534 g/mol. The van der Waals surface area contributed by atoms with E-state index in [1.54, 1.807) is 10.5 Å². The minimum Gasteiger partial charge on any atom is -0.453 e. The Morgan fingerprint density at radius 2 is 1.83 bits per heavy atom. The van der Waals surface area contributed by atoms with Crippen LogP contribution in [0, 0.1) is 23.7 Å². The van der Waals surface area contributed by atoms with Crippen molar-refractivity contribution in [3.8, 4) is 0 Å². The molecule has 0 bridgehead atoms. The first-order chi connectivity index (χ1) is 19.8. The zero-order valence-corrected chi connectivity index (χ0v) is 25.9. The summed E-state index contributed by atoms with van der Waals surface area (Å²) in [6, 6.07) is 0.772. The van der Waals surface area contributed by atoms with Gasteiger partial charge in [0, 0.05) is 51.2 Å². The van der Waals surface area contributed by atoms with Gasteiger partial charge in [-0.2, -0.15) is 0 Å². The highest BCUT2D eigenvalue weighted by molar-refractivity contribution is 7.91. The minimum absolute atomic E-state index is 0.178. The van der Waals surface area contributed by atoms with E-state index >= 15 is 0 Å². The zero-order chi connectivity index (χ0) is 28.6. The van der Waals surface area contributed by atoms with Gasteiger partial charge in [0.1, 0.15) is 4.75 Å². The molecule has 2 heterocycles. The summed E-state index contributed by atoms with van der Waals surface area (Å²) in [7, 11) is -1.79. The summed E-state index contributed by atoms with van der Waals surface area (Å²) in [6.07, 6.45) is 24.9. The first kappa shape index (κ1) is 29.2. The molecule has 5 atom stereocenters. The Morgan fingerprint density at radius 3 is 2.56 bits per heavy atom. The van der Waals surface area contributed by atoms with E-state index in [1.807, 2.05) is 16.5 Å². The molecule has 7 nitrogen and oxygen atoms in total. The highest BCUT2D eigenvalue weighted by Gasteiger charge is 2.63. The van der Waals surface area contributed by atoms with Gasteiger partial charge >= 0.3 is 6.09 Å². The molecule has 5 fully saturated rings. The molecule has 8 heteroatoms. The lowest BCUT2D eigenvalue weighted by molar-refractivity contribution is 0.0652. The van der Waals surface area contributed by atoms with Crippen LogP contribution >= 0.6 is 0 Å². The number of ether oxygens (including phenoxy) is 1. The van der Waals surface area contributed by atoms with E-state index < -0.39 is 14.8 Å². The van der Waals surface area contributed by atoms with Gasteiger partial charge in [0.15, 0.2) is 0 Å². The molecule has 0 aromatic heterocycles. The van der Waals surface area contributed by atoms with Crippen molar-refractivity contribution in [3.05, 3.63) is 47.6 Å². The second kappa shape index (κ2) is 12.0. The van der Waals surface area contributed by atoms with E-state index in [0.29, 0.717) is 19.0 Å². The SMILES string of the molecule is CC1=CC2CC2(S(=O)(=O)N2CCC[C@@H](CC3=CC=CC4CC34)C2)C=C1.COC(=O)N1CCN(C2CCCCC2)CC1. The smallest absolute Gasteiger partial charge is 0.409 e. The van der Waals surface area contributed by atoms with E-state index in [-0.39, 0.29) is 12.0 Å². The van der Waals surface area contributed by atoms with Crippen molar-refractivity contribution in [3.63, 3.8) is 0 Å². The minimum atomic E-state index is -3.24. The van der Waals surface area contributed by atoms with E-state index in [9.17, 15) is 13.2 Å². The second-order valence-corrected chi connectivity index (χ2v) is 15.7. The van der Waals surface area contributed by atoms with Crippen LogP contribution in [-0.2, 0) is 14.8 Å². The molecule has 2 aliphatic heterocycles. The number of amides is 1. The Hall–Kier alpha value is -1.90. The second-order valence-electron chi connectivity index (χ2n) is 13.5. The van der Waals surface area contributed by atoms with Gasteiger partial charge in [-0.25, -0.2) is 17.5 Å². The Kier molecular flexibility index (Phi) is 8.54. The van der Waals surface area contributed by atoms with Gasteiger partial charge in [-0.05, 0) is 69.6 Å². The van der Waals surface area contributed by atoms with Gasteiger partial charge in [0.2, 0.25) is 10.0 Å². The predicted molar refractivity (Wildman–Crippen MR) is 163 cm³/mol. The Labute approximate surface area is 247 Å². The number of nitrogens with zero attached hydrogens (tertiary/aromatic N) is 3. The predicted octanol–water partition coefficient (Wildman–Crippen LogP) is 5.53. The average molecular weight is 584 g/mol. The largest absolute Gasteiger partial charge is 0.453 e. The summed E-state index contributed by atoms with van der Waals surface area (Å²) >= 11 is 0. The van der Waals surface area contributed by atoms with Crippen molar-refractivity contribution in [2.45, 2.75) is 81.9 Å². The number of sulfonamides is 1. The summed E-state index contributed by atoms with van der Waals surface area (Å²) < 4.78 is 32.6. The normalized spacial score (nSPS) is 35.3. The van der Waals surface area contributed by atoms with Gasteiger partial charge < -0.3 is 9.64 Å². The van der Waals surface area contributed by atoms with Crippen LogP contribution in [0.3, 0.4) is 0 Å². The van der Waals surface area contributed by atoms with E-state index in [4.69, 9.17) is 4.74 Å². The molecule has 0 spiro atoms. The molecule has 3 saturated carbocycles. The quantitative estimate of drug-likeness (QED) is 0.426. The van der Waals surface area contributed by atoms with Crippen LogP contribution in [0.2, 0.25) is 0 Å². The Balaban J connectivity index is 0.000000164. The molecule has 2 saturated heterocycles. The lowest BCUT2D eigenvalue weighted by atomic mass is 9.88. The maximum absolute atomic E-state index is 13.3. The molecule has 41 heavy (non-hydrogen) atoms. The maximum atomic E-state index is 13.3. The molecule has 7 aliphatic rings. The highest BCUT2D eigenvalue weighted by atomic mass is 32.2. The number of hydrogen-bond acceptors (Lipinski definition) is 5. The molecule has 0 aromatic carbocycles. The van der Waals surface area contributed by atoms with Gasteiger partial charge in [-0.3, -0.25) is 4.90 Å². The van der Waals surface area contributed by atoms with Gasteiger partial charge in [-0.1, -0.05) is 66.9 Å². The third-order valence-corrected chi connectivity index (χ3v) is 13.3. The number of fused-ring (bicyclic) bond motifs is 2. The molecule has 7 rings (SSSR count). The Bertz CT molecular complexity index is 1210. The molecule has 0 N–H and O–H groups in total. The van der Waals surface area contributed by atoms with Crippen LogP contribution in [0.15, 0.2) is 47.6 Å². The molecule has 5 aliphatic carbocycles. The number of piperazine rings is 1. The monoisotopic (exact) mass is 583 g/mol. The lowest BCUT2D eigenvalue weighted by Crippen LogP contribution is -2.52. The van der Waals surface area contributed by atoms with Gasteiger partial charge in [0.25, 0.3) is 0 Å². The molecule has 0 aromatic rings. The van der Waals surface area contributed by atoms with Crippen molar-refractivity contribution in [1.82, 2.24) is 14.1 Å². The summed E-state index contributed by atoms with van der Waals surface area (Å²) in [4.78, 5) is 15.7. The third-order valence-electron chi connectivity index (χ3n) is 10.7. The van der Waals surface area contributed by atoms with E-state index in [2.05, 4.69) is 36.1 Å². The molecule has 1 amide bonds. The highest BCUT2D eigenvalue weighted by Crippen LogP contribution is 2.56. The summed E-state index contributed by atoms with van der Waals surface area (Å²) in [5.74, 6) is 2.22. The summed E-state index contributed by atoms with van der Waals surface area (Å²) in [6.45, 7) is 7.15. The van der Waals surface area contributed by atoms with E-state index in [1.165, 1.54) is 51.2 Å².